The molecule has 2 aromatic carbocycles. The monoisotopic (exact) mass is 404 g/mol. The van der Waals surface area contributed by atoms with Crippen molar-refractivity contribution in [2.24, 2.45) is 0 Å². The Labute approximate surface area is 172 Å². The van der Waals surface area contributed by atoms with E-state index in [0.717, 1.165) is 5.56 Å². The standard InChI is InChI=1S/C22H20N4O4/c1-13(27)15-4-3-5-16(10-15)24-22(29)19-11-20(28)25-21-18(12-23-26(19)21)14-6-8-17(30-2)9-7-14/h3-10,12,19H,11H2,1-2H3,(H,24,29)(H,25,28)/t19-/m1/s1. The Hall–Kier alpha value is -3.94. The van der Waals surface area contributed by atoms with Crippen LogP contribution in [0, 0.1) is 0 Å². The molecule has 0 saturated carbocycles. The van der Waals surface area contributed by atoms with E-state index in [1.54, 1.807) is 37.6 Å². The van der Waals surface area contributed by atoms with Gasteiger partial charge in [0, 0.05) is 16.8 Å². The number of benzene rings is 2. The van der Waals surface area contributed by atoms with E-state index < -0.39 is 6.04 Å². The topological polar surface area (TPSA) is 102 Å². The van der Waals surface area contributed by atoms with E-state index >= 15 is 0 Å². The molecule has 30 heavy (non-hydrogen) atoms. The van der Waals surface area contributed by atoms with Crippen molar-refractivity contribution >= 4 is 29.1 Å². The summed E-state index contributed by atoms with van der Waals surface area (Å²) in [5.41, 5.74) is 2.54. The molecule has 0 bridgehead atoms. The van der Waals surface area contributed by atoms with Crippen molar-refractivity contribution < 1.29 is 19.1 Å². The highest BCUT2D eigenvalue weighted by molar-refractivity contribution is 6.03. The second-order valence-corrected chi connectivity index (χ2v) is 6.97. The largest absolute Gasteiger partial charge is 0.497 e. The van der Waals surface area contributed by atoms with Crippen molar-refractivity contribution in [1.82, 2.24) is 9.78 Å². The molecule has 0 unspecified atom stereocenters. The zero-order valence-corrected chi connectivity index (χ0v) is 16.5. The van der Waals surface area contributed by atoms with Crippen LogP contribution in [0.2, 0.25) is 0 Å². The summed E-state index contributed by atoms with van der Waals surface area (Å²) in [5, 5.41) is 9.95. The fourth-order valence-corrected chi connectivity index (χ4v) is 3.40. The summed E-state index contributed by atoms with van der Waals surface area (Å²) in [6, 6.07) is 13.2. The number of nitrogens with zero attached hydrogens (tertiary/aromatic N) is 2. The number of carbonyl (C=O) groups excluding carboxylic acids is 3. The van der Waals surface area contributed by atoms with E-state index in [0.29, 0.717) is 28.4 Å². The van der Waals surface area contributed by atoms with Gasteiger partial charge in [0.15, 0.2) is 5.78 Å². The van der Waals surface area contributed by atoms with Gasteiger partial charge in [0.1, 0.15) is 17.6 Å². The highest BCUT2D eigenvalue weighted by atomic mass is 16.5. The maximum atomic E-state index is 12.9. The summed E-state index contributed by atoms with van der Waals surface area (Å²) < 4.78 is 6.70. The average molecular weight is 404 g/mol. The van der Waals surface area contributed by atoms with Crippen molar-refractivity contribution in [3.05, 3.63) is 60.3 Å². The van der Waals surface area contributed by atoms with E-state index in [2.05, 4.69) is 15.7 Å². The van der Waals surface area contributed by atoms with Crippen molar-refractivity contribution in [3.63, 3.8) is 0 Å². The third-order valence-corrected chi connectivity index (χ3v) is 4.97. The lowest BCUT2D eigenvalue weighted by atomic mass is 10.1. The lowest BCUT2D eigenvalue weighted by Gasteiger charge is -2.24. The molecule has 1 aliphatic rings. The van der Waals surface area contributed by atoms with Gasteiger partial charge in [-0.2, -0.15) is 5.10 Å². The number of methoxy groups -OCH3 is 1. The summed E-state index contributed by atoms with van der Waals surface area (Å²) in [4.78, 5) is 36.8. The summed E-state index contributed by atoms with van der Waals surface area (Å²) in [6.45, 7) is 1.46. The van der Waals surface area contributed by atoms with Crippen LogP contribution >= 0.6 is 0 Å². The van der Waals surface area contributed by atoms with Gasteiger partial charge < -0.3 is 15.4 Å². The Morgan fingerprint density at radius 2 is 1.97 bits per heavy atom. The quantitative estimate of drug-likeness (QED) is 0.636. The molecule has 2 heterocycles. The first kappa shape index (κ1) is 19.4. The molecule has 0 radical (unpaired) electrons. The van der Waals surface area contributed by atoms with Gasteiger partial charge in [-0.1, -0.05) is 24.3 Å². The summed E-state index contributed by atoms with van der Waals surface area (Å²) in [5.74, 6) is 0.441. The van der Waals surface area contributed by atoms with E-state index in [-0.39, 0.29) is 24.0 Å². The molecule has 2 N–H and O–H groups in total. The number of anilines is 2. The number of aromatic nitrogens is 2. The van der Waals surface area contributed by atoms with Crippen molar-refractivity contribution in [3.8, 4) is 16.9 Å². The molecular formula is C22H20N4O4. The number of amides is 2. The number of nitrogens with one attached hydrogen (secondary N) is 2. The minimum absolute atomic E-state index is 0.0328. The maximum absolute atomic E-state index is 12.9. The van der Waals surface area contributed by atoms with Gasteiger partial charge in [0.25, 0.3) is 0 Å². The Balaban J connectivity index is 1.63. The summed E-state index contributed by atoms with van der Waals surface area (Å²) in [6.07, 6.45) is 1.59. The third kappa shape index (κ3) is 3.67. The zero-order valence-electron chi connectivity index (χ0n) is 16.5. The van der Waals surface area contributed by atoms with Crippen LogP contribution in [-0.4, -0.2) is 34.5 Å². The van der Waals surface area contributed by atoms with E-state index in [9.17, 15) is 14.4 Å². The average Bonchev–Trinajstić information content (AvgIpc) is 3.17. The highest BCUT2D eigenvalue weighted by Gasteiger charge is 2.33. The lowest BCUT2D eigenvalue weighted by Crippen LogP contribution is -2.35. The SMILES string of the molecule is COc1ccc(-c2cnn3c2NC(=O)C[C@@H]3C(=O)Nc2cccc(C(C)=O)c2)cc1. The van der Waals surface area contributed by atoms with Gasteiger partial charge in [-0.3, -0.25) is 14.4 Å². The molecule has 8 heteroatoms. The van der Waals surface area contributed by atoms with Crippen LogP contribution < -0.4 is 15.4 Å². The second kappa shape index (κ2) is 7.82. The zero-order chi connectivity index (χ0) is 21.3. The Morgan fingerprint density at radius 3 is 2.67 bits per heavy atom. The molecule has 152 valence electrons. The fourth-order valence-electron chi connectivity index (χ4n) is 3.40. The van der Waals surface area contributed by atoms with Crippen LogP contribution in [0.1, 0.15) is 29.7 Å². The highest BCUT2D eigenvalue weighted by Crippen LogP contribution is 2.35. The summed E-state index contributed by atoms with van der Waals surface area (Å²) >= 11 is 0. The van der Waals surface area contributed by atoms with Gasteiger partial charge in [-0.15, -0.1) is 0 Å². The minimum atomic E-state index is -0.804. The molecule has 4 rings (SSSR count). The molecule has 2 amide bonds. The fraction of sp³-hybridized carbons (Fsp3) is 0.182. The minimum Gasteiger partial charge on any atom is -0.497 e. The first-order valence-electron chi connectivity index (χ1n) is 9.40. The van der Waals surface area contributed by atoms with Crippen LogP contribution in [0.15, 0.2) is 54.7 Å². The van der Waals surface area contributed by atoms with Crippen LogP contribution in [-0.2, 0) is 9.59 Å². The molecule has 8 nitrogen and oxygen atoms in total. The normalized spacial score (nSPS) is 15.1. The number of hydrogen-bond acceptors (Lipinski definition) is 5. The maximum Gasteiger partial charge on any atom is 0.249 e. The molecule has 0 saturated heterocycles. The predicted octanol–water partition coefficient (Wildman–Crippen LogP) is 3.28. The van der Waals surface area contributed by atoms with Gasteiger partial charge in [0.2, 0.25) is 11.8 Å². The molecule has 0 spiro atoms. The Kier molecular flexibility index (Phi) is 5.05. The van der Waals surface area contributed by atoms with Gasteiger partial charge in [-0.05, 0) is 36.8 Å². The molecule has 1 aromatic heterocycles. The molecule has 1 atom stereocenters. The second-order valence-electron chi connectivity index (χ2n) is 6.97. The smallest absolute Gasteiger partial charge is 0.249 e. The number of fused-ring (bicyclic) bond motifs is 1. The first-order valence-corrected chi connectivity index (χ1v) is 9.40. The van der Waals surface area contributed by atoms with Gasteiger partial charge >= 0.3 is 0 Å². The summed E-state index contributed by atoms with van der Waals surface area (Å²) in [7, 11) is 1.59. The number of rotatable bonds is 5. The van der Waals surface area contributed by atoms with Crippen LogP contribution in [0.4, 0.5) is 11.5 Å². The first-order chi connectivity index (χ1) is 14.5. The molecule has 0 fully saturated rings. The van der Waals surface area contributed by atoms with Gasteiger partial charge in [-0.25, -0.2) is 4.68 Å². The Morgan fingerprint density at radius 1 is 1.20 bits per heavy atom. The van der Waals surface area contributed by atoms with E-state index in [4.69, 9.17) is 4.74 Å². The lowest BCUT2D eigenvalue weighted by molar-refractivity contribution is -0.125. The Bertz CT molecular complexity index is 1130. The van der Waals surface area contributed by atoms with E-state index in [1.165, 1.54) is 11.6 Å². The number of hydrogen-bond donors (Lipinski definition) is 2. The van der Waals surface area contributed by atoms with Crippen LogP contribution in [0.25, 0.3) is 11.1 Å². The van der Waals surface area contributed by atoms with Gasteiger partial charge in [0.05, 0.1) is 19.7 Å². The van der Waals surface area contributed by atoms with Crippen LogP contribution in [0.3, 0.4) is 0 Å². The molecule has 3 aromatic rings. The third-order valence-electron chi connectivity index (χ3n) is 4.97. The van der Waals surface area contributed by atoms with Crippen LogP contribution in [0.5, 0.6) is 5.75 Å². The number of carbonyl (C=O) groups is 3. The molecular weight excluding hydrogens is 384 g/mol. The van der Waals surface area contributed by atoms with E-state index in [1.807, 2.05) is 24.3 Å². The number of ether oxygens (including phenoxy) is 1. The van der Waals surface area contributed by atoms with Crippen molar-refractivity contribution in [1.29, 1.82) is 0 Å². The molecule has 1 aliphatic heterocycles. The predicted molar refractivity (Wildman–Crippen MR) is 112 cm³/mol. The number of Topliss-reactive ketones (excluding diaryl/α,β-unsaturated/α-hetero) is 1. The molecule has 0 aliphatic carbocycles. The van der Waals surface area contributed by atoms with Crippen molar-refractivity contribution in [2.45, 2.75) is 19.4 Å². The van der Waals surface area contributed by atoms with Crippen molar-refractivity contribution in [2.75, 3.05) is 17.7 Å². The number of ketones is 1.